The van der Waals surface area contributed by atoms with Crippen LogP contribution in [0.2, 0.25) is 0 Å². The van der Waals surface area contributed by atoms with Crippen molar-refractivity contribution in [2.75, 3.05) is 137 Å². The maximum absolute atomic E-state index is 13.5. The zero-order valence-corrected chi connectivity index (χ0v) is 74.6. The number of carbonyl (C=O) groups excluding carboxylic acids is 2. The fraction of sp³-hybridized carbons (Fsp3) is 0.567. The molecule has 0 unspecified atom stereocenters. The van der Waals surface area contributed by atoms with E-state index in [0.29, 0.717) is 43.6 Å². The van der Waals surface area contributed by atoms with E-state index in [0.717, 1.165) is 163 Å². The zero-order valence-electron chi connectivity index (χ0n) is 71.4. The first kappa shape index (κ1) is 85.4. The summed E-state index contributed by atoms with van der Waals surface area (Å²) in [7, 11) is -8.14. The summed E-state index contributed by atoms with van der Waals surface area (Å²) >= 11 is 3.68. The Hall–Kier alpha value is -6.62. The van der Waals surface area contributed by atoms with Gasteiger partial charge in [0.1, 0.15) is 0 Å². The standard InChI is InChI=1S/C49H67N5O3S2.C48H65N5O3S2/c1-5-48-34-49(35-48,36-48)44-31-47(3,4)22-20-39(44)32-53-26-28-54(29-27-53)41-16-14-38(15-17-41)46(55)51-59(56,57)43-18-19-45(37(2)30-43)50-40(21-25-52-23-10-7-11-24-52)33-58-42-12-8-6-9-13-42;1-36-29-42(17-18-44(36)49-39(20-24-51-22-9-6-10-23-51)32-57-41-11-7-5-8-12-41)58(55,56)50-45(54)37-13-15-40(16-14-37)53-27-25-52(26-28-53)31-38-19-21-46(2,3)30-43(38)48-33-47(4,34-48)35-48/h6,8-9,12-19,30,40,50H,5,7,10-11,20-29,31-36H2,1-4H3,(H,51,55);5,7-8,11-18,29,39,49H,6,9-10,19-28,30-35H2,1-4H3,(H,50,54)/t40-,48?,49?;39-,47?,48?/m11/s1. The van der Waals surface area contributed by atoms with Crippen molar-refractivity contribution in [1.29, 1.82) is 0 Å². The molecule has 12 aliphatic rings. The highest BCUT2D eigenvalue weighted by Crippen LogP contribution is 2.79. The number of nitrogens with one attached hydrogen (secondary N) is 4. The van der Waals surface area contributed by atoms with Gasteiger partial charge in [0.2, 0.25) is 0 Å². The number of aryl methyl sites for hydroxylation is 2. The van der Waals surface area contributed by atoms with Crippen LogP contribution < -0.4 is 29.9 Å². The number of anilines is 4. The molecule has 20 heteroatoms. The molecule has 4 heterocycles. The summed E-state index contributed by atoms with van der Waals surface area (Å²) in [6.07, 6.45) is 27.2. The zero-order chi connectivity index (χ0) is 81.8. The molecule has 117 heavy (non-hydrogen) atoms. The molecule has 4 bridgehead atoms. The summed E-state index contributed by atoms with van der Waals surface area (Å²) < 4.78 is 58.7. The minimum atomic E-state index is -4.07. The minimum absolute atomic E-state index is 0.0836. The van der Waals surface area contributed by atoms with Gasteiger partial charge in [0, 0.05) is 146 Å². The number of sulfonamides is 2. The van der Waals surface area contributed by atoms with Gasteiger partial charge in [0.15, 0.2) is 0 Å². The molecule has 2 amide bonds. The molecular formula is C97H132N10O6S4. The summed E-state index contributed by atoms with van der Waals surface area (Å²) in [4.78, 5) is 44.4. The average Bonchev–Trinajstić information content (AvgIpc) is 0.611. The first-order valence-electron chi connectivity index (χ1n) is 44.4. The molecule has 6 aromatic rings. The number of allylic oxidation sites excluding steroid dienone is 2. The van der Waals surface area contributed by atoms with Crippen molar-refractivity contribution < 1.29 is 26.4 Å². The van der Waals surface area contributed by atoms with Gasteiger partial charge in [-0.15, -0.1) is 23.5 Å². The van der Waals surface area contributed by atoms with E-state index in [9.17, 15) is 26.4 Å². The lowest BCUT2D eigenvalue weighted by molar-refractivity contribution is -0.182. The summed E-state index contributed by atoms with van der Waals surface area (Å²) in [5.41, 5.74) is 16.6. The van der Waals surface area contributed by atoms with Crippen LogP contribution in [0, 0.1) is 46.3 Å². The second-order valence-electron chi connectivity index (χ2n) is 38.9. The van der Waals surface area contributed by atoms with Crippen LogP contribution in [0.4, 0.5) is 22.7 Å². The topological polar surface area (TPSA) is 170 Å². The van der Waals surface area contributed by atoms with E-state index in [1.54, 1.807) is 59.7 Å². The van der Waals surface area contributed by atoms with E-state index in [4.69, 9.17) is 0 Å². The monoisotopic (exact) mass is 1660 g/mol. The number of rotatable bonds is 31. The van der Waals surface area contributed by atoms with E-state index < -0.39 is 31.9 Å². The third-order valence-electron chi connectivity index (χ3n) is 28.5. The molecule has 4 aliphatic heterocycles. The number of benzene rings is 6. The van der Waals surface area contributed by atoms with Crippen molar-refractivity contribution in [2.24, 2.45) is 32.5 Å². The Kier molecular flexibility index (Phi) is 26.4. The highest BCUT2D eigenvalue weighted by atomic mass is 32.2. The number of piperidine rings is 2. The van der Waals surface area contributed by atoms with Gasteiger partial charge in [-0.1, -0.05) is 119 Å². The Morgan fingerprint density at radius 1 is 0.444 bits per heavy atom. The second kappa shape index (κ2) is 36.2. The van der Waals surface area contributed by atoms with Crippen LogP contribution in [0.15, 0.2) is 187 Å². The third-order valence-corrected chi connectivity index (χ3v) is 33.5. The van der Waals surface area contributed by atoms with E-state index in [-0.39, 0.29) is 21.9 Å². The number of piperazine rings is 2. The van der Waals surface area contributed by atoms with Crippen molar-refractivity contribution in [3.05, 3.63) is 190 Å². The molecule has 16 nitrogen and oxygen atoms in total. The number of hydrogen-bond acceptors (Lipinski definition) is 16. The average molecular weight is 1660 g/mol. The van der Waals surface area contributed by atoms with Gasteiger partial charge in [-0.05, 0) is 308 Å². The van der Waals surface area contributed by atoms with Crippen LogP contribution in [-0.2, 0) is 20.0 Å². The minimum Gasteiger partial charge on any atom is -0.381 e. The summed E-state index contributed by atoms with van der Waals surface area (Å²) in [6, 6.07) is 46.4. The SMILES string of the molecule is CCC12CC(C3=C(CN4CCN(c5ccc(C(=O)NS(=O)(=O)c6ccc(N[C@H](CCN7CCCCC7)CSc7ccccc7)c(C)c6)cc5)CC4)CCC(C)(C)C3)(C1)C2.Cc1cc(S(=O)(=O)NC(=O)c2ccc(N3CCN(CC4=C(C56CC(C)(C5)C6)CC(C)(C)CC4)CC3)cc2)ccc1N[C@H](CCN1CCCCC1)CSc1ccccc1. The first-order valence-corrected chi connectivity index (χ1v) is 49.3. The molecule has 4 saturated heterocycles. The molecule has 0 spiro atoms. The van der Waals surface area contributed by atoms with Crippen LogP contribution in [0.5, 0.6) is 0 Å². The first-order chi connectivity index (χ1) is 56.1. The fourth-order valence-corrected chi connectivity index (χ4v) is 25.8. The largest absolute Gasteiger partial charge is 0.381 e. The Bertz CT molecular complexity index is 4720. The third kappa shape index (κ3) is 20.8. The molecule has 10 fully saturated rings. The van der Waals surface area contributed by atoms with Crippen LogP contribution in [0.25, 0.3) is 0 Å². The molecule has 6 saturated carbocycles. The van der Waals surface area contributed by atoms with Gasteiger partial charge >= 0.3 is 0 Å². The molecule has 4 N–H and O–H groups in total. The molecule has 6 aromatic carbocycles. The smallest absolute Gasteiger partial charge is 0.264 e. The molecule has 8 aliphatic carbocycles. The van der Waals surface area contributed by atoms with Crippen molar-refractivity contribution in [3.63, 3.8) is 0 Å². The summed E-state index contributed by atoms with van der Waals surface area (Å²) in [5.74, 6) is 0.565. The number of nitrogens with zero attached hydrogens (tertiary/aromatic N) is 6. The van der Waals surface area contributed by atoms with Gasteiger partial charge in [0.05, 0.1) is 9.79 Å². The number of likely N-dealkylation sites (tertiary alicyclic amines) is 2. The second-order valence-corrected chi connectivity index (χ2v) is 44.4. The molecule has 0 aromatic heterocycles. The Balaban J connectivity index is 0.000000183. The lowest BCUT2D eigenvalue weighted by Crippen LogP contribution is -2.63. The fourth-order valence-electron chi connectivity index (χ4n) is 21.7. The Morgan fingerprint density at radius 3 is 1.18 bits per heavy atom. The van der Waals surface area contributed by atoms with E-state index >= 15 is 0 Å². The predicted octanol–water partition coefficient (Wildman–Crippen LogP) is 19.2. The van der Waals surface area contributed by atoms with Crippen LogP contribution in [0.1, 0.15) is 208 Å². The lowest BCUT2D eigenvalue weighted by Gasteiger charge is -2.73. The summed E-state index contributed by atoms with van der Waals surface area (Å²) in [6.45, 7) is 35.3. The Morgan fingerprint density at radius 2 is 0.821 bits per heavy atom. The van der Waals surface area contributed by atoms with Crippen LogP contribution in [0.3, 0.4) is 0 Å². The Labute approximate surface area is 709 Å². The maximum Gasteiger partial charge on any atom is 0.264 e. The quantitative estimate of drug-likeness (QED) is 0.0239. The molecule has 630 valence electrons. The lowest BCUT2D eigenvalue weighted by atomic mass is 9.31. The number of carbonyl (C=O) groups is 2. The highest BCUT2D eigenvalue weighted by molar-refractivity contribution is 7.99. The molecular weight excluding hydrogens is 1530 g/mol. The van der Waals surface area contributed by atoms with Gasteiger partial charge in [-0.2, -0.15) is 0 Å². The highest BCUT2D eigenvalue weighted by Gasteiger charge is 2.69. The predicted molar refractivity (Wildman–Crippen MR) is 484 cm³/mol. The number of thioether (sulfide) groups is 2. The molecule has 2 atom stereocenters. The number of amides is 2. The van der Waals surface area contributed by atoms with Gasteiger partial charge in [-0.25, -0.2) is 26.3 Å². The molecule has 18 rings (SSSR count). The van der Waals surface area contributed by atoms with Crippen molar-refractivity contribution in [1.82, 2.24) is 29.0 Å². The van der Waals surface area contributed by atoms with Gasteiger partial charge in [-0.3, -0.25) is 19.4 Å². The van der Waals surface area contributed by atoms with E-state index in [2.05, 4.69) is 140 Å². The summed E-state index contributed by atoms with van der Waals surface area (Å²) in [5, 5.41) is 7.47. The van der Waals surface area contributed by atoms with E-state index in [1.165, 1.54) is 132 Å². The van der Waals surface area contributed by atoms with Crippen LogP contribution in [-0.4, -0.2) is 177 Å². The van der Waals surface area contributed by atoms with Gasteiger partial charge < -0.3 is 30.2 Å². The number of hydrogen-bond donors (Lipinski definition) is 4. The maximum atomic E-state index is 13.5. The van der Waals surface area contributed by atoms with Crippen molar-refractivity contribution >= 4 is 78.1 Å². The van der Waals surface area contributed by atoms with E-state index in [1.807, 2.05) is 97.0 Å². The van der Waals surface area contributed by atoms with Crippen molar-refractivity contribution in [2.45, 2.75) is 222 Å². The molecule has 0 radical (unpaired) electrons. The normalized spacial score (nSPS) is 25.3. The van der Waals surface area contributed by atoms with Crippen LogP contribution >= 0.6 is 23.5 Å². The van der Waals surface area contributed by atoms with Crippen molar-refractivity contribution in [3.8, 4) is 0 Å². The van der Waals surface area contributed by atoms with Gasteiger partial charge in [0.25, 0.3) is 31.9 Å².